The number of hydrogen-bond donors (Lipinski definition) is 0. The molecule has 0 spiro atoms. The van der Waals surface area contributed by atoms with E-state index in [1.165, 1.54) is 16.7 Å². The lowest BCUT2D eigenvalue weighted by Gasteiger charge is -2.19. The molecule has 0 N–H and O–H groups in total. The summed E-state index contributed by atoms with van der Waals surface area (Å²) in [5.41, 5.74) is 4.83. The number of rotatable bonds is 3. The Labute approximate surface area is 133 Å². The van der Waals surface area contributed by atoms with E-state index in [2.05, 4.69) is 64.1 Å². The lowest BCUT2D eigenvalue weighted by atomic mass is 9.86. The van der Waals surface area contributed by atoms with Gasteiger partial charge in [-0.25, -0.2) is 0 Å². The zero-order chi connectivity index (χ0) is 15.9. The van der Waals surface area contributed by atoms with Gasteiger partial charge in [0.15, 0.2) is 5.78 Å². The third-order valence-electron chi connectivity index (χ3n) is 4.67. The van der Waals surface area contributed by atoms with Crippen LogP contribution in [-0.4, -0.2) is 5.78 Å². The molecule has 2 atom stereocenters. The van der Waals surface area contributed by atoms with E-state index >= 15 is 0 Å². The van der Waals surface area contributed by atoms with Crippen molar-refractivity contribution in [2.45, 2.75) is 45.4 Å². The predicted molar refractivity (Wildman–Crippen MR) is 91.5 cm³/mol. The summed E-state index contributed by atoms with van der Waals surface area (Å²) in [4.78, 5) is 12.6. The molecule has 1 aliphatic rings. The smallest absolute Gasteiger partial charge is 0.166 e. The number of carbonyl (C=O) groups is 1. The molecule has 1 nitrogen and oxygen atoms in total. The van der Waals surface area contributed by atoms with E-state index in [1.54, 1.807) is 0 Å². The number of hydrogen-bond acceptors (Lipinski definition) is 1. The van der Waals surface area contributed by atoms with Crippen molar-refractivity contribution in [3.8, 4) is 0 Å². The van der Waals surface area contributed by atoms with Crippen LogP contribution in [0.5, 0.6) is 0 Å². The number of benzene rings is 2. The van der Waals surface area contributed by atoms with Crippen LogP contribution in [0.1, 0.15) is 60.2 Å². The number of carbonyl (C=O) groups excluding carboxylic acids is 1. The Morgan fingerprint density at radius 3 is 2.09 bits per heavy atom. The highest BCUT2D eigenvalue weighted by Gasteiger charge is 2.43. The number of ketones is 1. The molecule has 114 valence electrons. The maximum absolute atomic E-state index is 12.6. The molecular weight excluding hydrogens is 268 g/mol. The van der Waals surface area contributed by atoms with Crippen LogP contribution in [0, 0.1) is 12.8 Å². The monoisotopic (exact) mass is 292 g/mol. The second-order valence-electron chi connectivity index (χ2n) is 7.55. The first-order valence-corrected chi connectivity index (χ1v) is 8.07. The van der Waals surface area contributed by atoms with Gasteiger partial charge in [-0.3, -0.25) is 4.79 Å². The summed E-state index contributed by atoms with van der Waals surface area (Å²) < 4.78 is 0. The van der Waals surface area contributed by atoms with Crippen molar-refractivity contribution in [2.24, 2.45) is 5.92 Å². The Kier molecular flexibility index (Phi) is 3.68. The van der Waals surface area contributed by atoms with E-state index < -0.39 is 0 Å². The molecule has 0 aliphatic heterocycles. The van der Waals surface area contributed by atoms with Gasteiger partial charge in [-0.1, -0.05) is 74.9 Å². The Morgan fingerprint density at radius 2 is 1.55 bits per heavy atom. The van der Waals surface area contributed by atoms with Crippen molar-refractivity contribution in [1.29, 1.82) is 0 Å². The van der Waals surface area contributed by atoms with Gasteiger partial charge in [-0.2, -0.15) is 0 Å². The van der Waals surface area contributed by atoms with E-state index in [1.807, 2.05) is 12.1 Å². The Hall–Kier alpha value is -1.89. The van der Waals surface area contributed by atoms with Crippen LogP contribution in [0.2, 0.25) is 0 Å². The molecule has 3 rings (SSSR count). The van der Waals surface area contributed by atoms with Gasteiger partial charge < -0.3 is 0 Å². The molecule has 0 saturated heterocycles. The average molecular weight is 292 g/mol. The molecular formula is C21H24O. The second-order valence-corrected chi connectivity index (χ2v) is 7.55. The standard InChI is InChI=1S/C21H24O/c1-14-5-7-15(8-6-14)18-13-19(18)20(22)16-9-11-17(12-10-16)21(2,3)4/h5-12,18-19H,13H2,1-4H3. The fourth-order valence-electron chi connectivity index (χ4n) is 3.02. The van der Waals surface area contributed by atoms with Gasteiger partial charge in [0.25, 0.3) is 0 Å². The maximum atomic E-state index is 12.6. The molecule has 1 aliphatic carbocycles. The van der Waals surface area contributed by atoms with Crippen molar-refractivity contribution in [3.63, 3.8) is 0 Å². The highest BCUT2D eigenvalue weighted by Crippen LogP contribution is 2.49. The number of aryl methyl sites for hydroxylation is 1. The van der Waals surface area contributed by atoms with Crippen LogP contribution in [0.4, 0.5) is 0 Å². The minimum atomic E-state index is 0.131. The molecule has 1 fully saturated rings. The molecule has 0 radical (unpaired) electrons. The van der Waals surface area contributed by atoms with E-state index in [9.17, 15) is 4.79 Å². The van der Waals surface area contributed by atoms with Gasteiger partial charge in [0.1, 0.15) is 0 Å². The van der Waals surface area contributed by atoms with E-state index in [0.717, 1.165) is 12.0 Å². The minimum absolute atomic E-state index is 0.131. The SMILES string of the molecule is Cc1ccc(C2CC2C(=O)c2ccc(C(C)(C)C)cc2)cc1. The lowest BCUT2D eigenvalue weighted by Crippen LogP contribution is -2.11. The Morgan fingerprint density at radius 1 is 0.955 bits per heavy atom. The summed E-state index contributed by atoms with van der Waals surface area (Å²) in [5, 5.41) is 0. The highest BCUT2D eigenvalue weighted by atomic mass is 16.1. The van der Waals surface area contributed by atoms with E-state index in [0.29, 0.717) is 11.7 Å². The van der Waals surface area contributed by atoms with Gasteiger partial charge in [-0.15, -0.1) is 0 Å². The Balaban J connectivity index is 1.72. The third kappa shape index (κ3) is 2.99. The molecule has 1 heteroatoms. The maximum Gasteiger partial charge on any atom is 0.166 e. The highest BCUT2D eigenvalue weighted by molar-refractivity contribution is 6.00. The van der Waals surface area contributed by atoms with E-state index in [-0.39, 0.29) is 11.3 Å². The van der Waals surface area contributed by atoms with Crippen molar-refractivity contribution in [3.05, 3.63) is 70.8 Å². The van der Waals surface area contributed by atoms with Crippen LogP contribution in [-0.2, 0) is 5.41 Å². The fraction of sp³-hybridized carbons (Fsp3) is 0.381. The van der Waals surface area contributed by atoms with Crippen molar-refractivity contribution in [2.75, 3.05) is 0 Å². The van der Waals surface area contributed by atoms with Gasteiger partial charge in [0.2, 0.25) is 0 Å². The summed E-state index contributed by atoms with van der Waals surface area (Å²) in [7, 11) is 0. The Bertz CT molecular complexity index is 671. The molecule has 2 aromatic carbocycles. The average Bonchev–Trinajstić information content (AvgIpc) is 3.27. The summed E-state index contributed by atoms with van der Waals surface area (Å²) in [6.07, 6.45) is 0.989. The van der Waals surface area contributed by atoms with Crippen LogP contribution in [0.3, 0.4) is 0 Å². The first kappa shape index (κ1) is 15.0. The molecule has 0 aromatic heterocycles. The first-order valence-electron chi connectivity index (χ1n) is 8.07. The molecule has 1 saturated carbocycles. The molecule has 2 aromatic rings. The summed E-state index contributed by atoms with van der Waals surface area (Å²) in [6, 6.07) is 16.8. The van der Waals surface area contributed by atoms with E-state index in [4.69, 9.17) is 0 Å². The largest absolute Gasteiger partial charge is 0.294 e. The topological polar surface area (TPSA) is 17.1 Å². The third-order valence-corrected chi connectivity index (χ3v) is 4.67. The molecule has 0 amide bonds. The zero-order valence-electron chi connectivity index (χ0n) is 13.9. The minimum Gasteiger partial charge on any atom is -0.294 e. The molecule has 2 unspecified atom stereocenters. The van der Waals surface area contributed by atoms with Crippen molar-refractivity contribution < 1.29 is 4.79 Å². The van der Waals surface area contributed by atoms with Crippen LogP contribution >= 0.6 is 0 Å². The first-order chi connectivity index (χ1) is 10.4. The quantitative estimate of drug-likeness (QED) is 0.703. The van der Waals surface area contributed by atoms with Gasteiger partial charge >= 0.3 is 0 Å². The lowest BCUT2D eigenvalue weighted by molar-refractivity contribution is 0.0965. The van der Waals surface area contributed by atoms with Crippen LogP contribution in [0.15, 0.2) is 48.5 Å². The van der Waals surface area contributed by atoms with Gasteiger partial charge in [0.05, 0.1) is 0 Å². The van der Waals surface area contributed by atoms with Crippen molar-refractivity contribution in [1.82, 2.24) is 0 Å². The fourth-order valence-corrected chi connectivity index (χ4v) is 3.02. The summed E-state index contributed by atoms with van der Waals surface area (Å²) in [5.74, 6) is 0.879. The van der Waals surface area contributed by atoms with Gasteiger partial charge in [-0.05, 0) is 35.8 Å². The number of Topliss-reactive ketones (excluding diaryl/α,β-unsaturated/α-hetero) is 1. The molecule has 0 heterocycles. The van der Waals surface area contributed by atoms with Crippen LogP contribution in [0.25, 0.3) is 0 Å². The van der Waals surface area contributed by atoms with Crippen LogP contribution < -0.4 is 0 Å². The summed E-state index contributed by atoms with van der Waals surface area (Å²) >= 11 is 0. The van der Waals surface area contributed by atoms with Crippen molar-refractivity contribution >= 4 is 5.78 Å². The predicted octanol–water partition coefficient (Wildman–Crippen LogP) is 5.28. The normalized spacial score (nSPS) is 20.7. The molecule has 22 heavy (non-hydrogen) atoms. The molecule has 0 bridgehead atoms. The second kappa shape index (κ2) is 5.39. The summed E-state index contributed by atoms with van der Waals surface area (Å²) in [6.45, 7) is 8.67. The zero-order valence-corrected chi connectivity index (χ0v) is 13.9. The van der Waals surface area contributed by atoms with Gasteiger partial charge in [0, 0.05) is 11.5 Å².